The quantitative estimate of drug-likeness (QED) is 0.799. The van der Waals surface area contributed by atoms with E-state index in [0.717, 1.165) is 12.8 Å². The van der Waals surface area contributed by atoms with E-state index in [1.54, 1.807) is 4.90 Å². The molecule has 1 saturated carbocycles. The molecular weight excluding hydrogens is 216 g/mol. The maximum atomic E-state index is 12.4. The van der Waals surface area contributed by atoms with E-state index in [2.05, 4.69) is 19.2 Å². The molecule has 2 fully saturated rings. The lowest BCUT2D eigenvalue weighted by Crippen LogP contribution is -2.64. The number of carbonyl (C=O) groups excluding carboxylic acids is 2. The van der Waals surface area contributed by atoms with Crippen LogP contribution in [0.25, 0.3) is 0 Å². The molecule has 0 bridgehead atoms. The standard InChI is InChI=1S/C13H22N2O2/c1-4-10-12(16)14-11(9-5-6-9)13(17)15(10)7-8(2)3/h8-11H,4-7H2,1-3H3,(H,14,16). The molecule has 2 atom stereocenters. The zero-order valence-electron chi connectivity index (χ0n) is 10.9. The van der Waals surface area contributed by atoms with Crippen LogP contribution in [0.4, 0.5) is 0 Å². The predicted molar refractivity (Wildman–Crippen MR) is 65.3 cm³/mol. The van der Waals surface area contributed by atoms with Gasteiger partial charge in [-0.05, 0) is 31.1 Å². The van der Waals surface area contributed by atoms with Crippen LogP contribution in [-0.2, 0) is 9.59 Å². The van der Waals surface area contributed by atoms with Crippen LogP contribution >= 0.6 is 0 Å². The Balaban J connectivity index is 2.15. The first-order valence-corrected chi connectivity index (χ1v) is 6.65. The average molecular weight is 238 g/mol. The number of amides is 2. The molecule has 96 valence electrons. The van der Waals surface area contributed by atoms with Crippen LogP contribution < -0.4 is 5.32 Å². The normalized spacial score (nSPS) is 29.8. The van der Waals surface area contributed by atoms with Crippen molar-refractivity contribution in [3.05, 3.63) is 0 Å². The molecule has 1 aliphatic carbocycles. The Morgan fingerprint density at radius 1 is 1.35 bits per heavy atom. The van der Waals surface area contributed by atoms with Crippen molar-refractivity contribution in [3.8, 4) is 0 Å². The molecule has 2 rings (SSSR count). The Bertz CT molecular complexity index is 323. The van der Waals surface area contributed by atoms with Gasteiger partial charge in [-0.15, -0.1) is 0 Å². The van der Waals surface area contributed by atoms with Crippen LogP contribution in [0.1, 0.15) is 40.0 Å². The van der Waals surface area contributed by atoms with Gasteiger partial charge in [0.15, 0.2) is 0 Å². The first kappa shape index (κ1) is 12.4. The van der Waals surface area contributed by atoms with Crippen molar-refractivity contribution in [2.45, 2.75) is 52.1 Å². The number of hydrogen-bond acceptors (Lipinski definition) is 2. The number of nitrogens with one attached hydrogen (secondary N) is 1. The van der Waals surface area contributed by atoms with Crippen molar-refractivity contribution < 1.29 is 9.59 Å². The molecule has 2 unspecified atom stereocenters. The Hall–Kier alpha value is -1.06. The SMILES string of the molecule is CCC1C(=O)NC(C2CC2)C(=O)N1CC(C)C. The second-order valence-electron chi connectivity index (χ2n) is 5.63. The maximum Gasteiger partial charge on any atom is 0.246 e. The fourth-order valence-electron chi connectivity index (χ4n) is 2.55. The van der Waals surface area contributed by atoms with Gasteiger partial charge in [0.25, 0.3) is 0 Å². The summed E-state index contributed by atoms with van der Waals surface area (Å²) >= 11 is 0. The van der Waals surface area contributed by atoms with Crippen molar-refractivity contribution in [3.63, 3.8) is 0 Å². The molecular formula is C13H22N2O2. The van der Waals surface area contributed by atoms with E-state index in [9.17, 15) is 9.59 Å². The lowest BCUT2D eigenvalue weighted by Gasteiger charge is -2.39. The van der Waals surface area contributed by atoms with Crippen molar-refractivity contribution in [1.29, 1.82) is 0 Å². The zero-order valence-corrected chi connectivity index (χ0v) is 10.9. The van der Waals surface area contributed by atoms with Gasteiger partial charge in [0.2, 0.25) is 11.8 Å². The molecule has 0 aromatic rings. The summed E-state index contributed by atoms with van der Waals surface area (Å²) in [6.45, 7) is 6.81. The van der Waals surface area contributed by atoms with Crippen molar-refractivity contribution >= 4 is 11.8 Å². The van der Waals surface area contributed by atoms with Crippen molar-refractivity contribution in [2.75, 3.05) is 6.54 Å². The largest absolute Gasteiger partial charge is 0.342 e. The first-order chi connectivity index (χ1) is 8.04. The highest BCUT2D eigenvalue weighted by Crippen LogP contribution is 2.35. The summed E-state index contributed by atoms with van der Waals surface area (Å²) in [6.07, 6.45) is 2.84. The van der Waals surface area contributed by atoms with Gasteiger partial charge in [-0.3, -0.25) is 9.59 Å². The molecule has 1 aliphatic heterocycles. The molecule has 0 spiro atoms. The number of nitrogens with zero attached hydrogens (tertiary/aromatic N) is 1. The minimum absolute atomic E-state index is 0.0321. The van der Waals surface area contributed by atoms with Gasteiger partial charge in [0.1, 0.15) is 12.1 Å². The molecule has 0 aromatic carbocycles. The van der Waals surface area contributed by atoms with Gasteiger partial charge >= 0.3 is 0 Å². The number of carbonyl (C=O) groups is 2. The van der Waals surface area contributed by atoms with Gasteiger partial charge in [-0.2, -0.15) is 0 Å². The fraction of sp³-hybridized carbons (Fsp3) is 0.846. The van der Waals surface area contributed by atoms with E-state index < -0.39 is 0 Å². The van der Waals surface area contributed by atoms with Crippen LogP contribution in [0.2, 0.25) is 0 Å². The van der Waals surface area contributed by atoms with Crippen molar-refractivity contribution in [2.24, 2.45) is 11.8 Å². The summed E-state index contributed by atoms with van der Waals surface area (Å²) < 4.78 is 0. The highest BCUT2D eigenvalue weighted by Gasteiger charge is 2.46. The van der Waals surface area contributed by atoms with E-state index in [4.69, 9.17) is 0 Å². The number of hydrogen-bond donors (Lipinski definition) is 1. The molecule has 1 heterocycles. The third-order valence-corrected chi connectivity index (χ3v) is 3.57. The zero-order chi connectivity index (χ0) is 12.6. The minimum Gasteiger partial charge on any atom is -0.342 e. The van der Waals surface area contributed by atoms with Gasteiger partial charge in [-0.1, -0.05) is 20.8 Å². The summed E-state index contributed by atoms with van der Waals surface area (Å²) in [5.41, 5.74) is 0. The van der Waals surface area contributed by atoms with E-state index in [-0.39, 0.29) is 23.9 Å². The number of rotatable bonds is 4. The Morgan fingerprint density at radius 3 is 2.47 bits per heavy atom. The van der Waals surface area contributed by atoms with E-state index >= 15 is 0 Å². The molecule has 2 aliphatic rings. The summed E-state index contributed by atoms with van der Waals surface area (Å²) in [4.78, 5) is 26.2. The topological polar surface area (TPSA) is 49.4 Å². The van der Waals surface area contributed by atoms with E-state index in [1.807, 2.05) is 6.92 Å². The summed E-state index contributed by atoms with van der Waals surface area (Å²) in [5, 5.41) is 2.90. The minimum atomic E-state index is -0.264. The maximum absolute atomic E-state index is 12.4. The summed E-state index contributed by atoms with van der Waals surface area (Å²) in [7, 11) is 0. The molecule has 17 heavy (non-hydrogen) atoms. The van der Waals surface area contributed by atoms with E-state index in [1.165, 1.54) is 0 Å². The van der Waals surface area contributed by atoms with Gasteiger partial charge < -0.3 is 10.2 Å². The third-order valence-electron chi connectivity index (χ3n) is 3.57. The predicted octanol–water partition coefficient (Wildman–Crippen LogP) is 1.16. The third kappa shape index (κ3) is 2.45. The highest BCUT2D eigenvalue weighted by molar-refractivity contribution is 5.97. The van der Waals surface area contributed by atoms with Gasteiger partial charge in [0, 0.05) is 6.54 Å². The fourth-order valence-corrected chi connectivity index (χ4v) is 2.55. The average Bonchev–Trinajstić information content (AvgIpc) is 3.06. The lowest BCUT2D eigenvalue weighted by molar-refractivity contribution is -0.150. The molecule has 1 saturated heterocycles. The molecule has 1 N–H and O–H groups in total. The summed E-state index contributed by atoms with van der Waals surface area (Å²) in [6, 6.07) is -0.510. The van der Waals surface area contributed by atoms with Crippen LogP contribution in [0.3, 0.4) is 0 Å². The molecule has 0 aromatic heterocycles. The monoisotopic (exact) mass is 238 g/mol. The molecule has 2 amide bonds. The second kappa shape index (κ2) is 4.67. The van der Waals surface area contributed by atoms with Crippen LogP contribution in [0, 0.1) is 11.8 Å². The Morgan fingerprint density at radius 2 is 2.00 bits per heavy atom. The molecule has 4 heteroatoms. The smallest absolute Gasteiger partial charge is 0.246 e. The van der Waals surface area contributed by atoms with E-state index in [0.29, 0.717) is 24.8 Å². The first-order valence-electron chi connectivity index (χ1n) is 6.65. The molecule has 4 nitrogen and oxygen atoms in total. The second-order valence-corrected chi connectivity index (χ2v) is 5.63. The van der Waals surface area contributed by atoms with Gasteiger partial charge in [0.05, 0.1) is 0 Å². The van der Waals surface area contributed by atoms with Gasteiger partial charge in [-0.25, -0.2) is 0 Å². The van der Waals surface area contributed by atoms with Crippen molar-refractivity contribution in [1.82, 2.24) is 10.2 Å². The van der Waals surface area contributed by atoms with Crippen LogP contribution in [0.5, 0.6) is 0 Å². The Labute approximate surface area is 103 Å². The number of piperazine rings is 1. The van der Waals surface area contributed by atoms with Crippen LogP contribution in [0.15, 0.2) is 0 Å². The van der Waals surface area contributed by atoms with Crippen LogP contribution in [-0.4, -0.2) is 35.3 Å². The Kier molecular flexibility index (Phi) is 3.40. The highest BCUT2D eigenvalue weighted by atomic mass is 16.2. The lowest BCUT2D eigenvalue weighted by atomic mass is 10.0. The molecule has 0 radical (unpaired) electrons. The summed E-state index contributed by atoms with van der Waals surface area (Å²) in [5.74, 6) is 0.954.